The number of carbonyl (C=O) groups excluding carboxylic acids is 1. The van der Waals surface area contributed by atoms with E-state index in [0.29, 0.717) is 19.5 Å². The van der Waals surface area contributed by atoms with Crippen molar-refractivity contribution in [1.82, 2.24) is 15.1 Å². The Bertz CT molecular complexity index is 497. The van der Waals surface area contributed by atoms with E-state index in [2.05, 4.69) is 5.32 Å². The number of amides is 2. The Morgan fingerprint density at radius 2 is 1.57 bits per heavy atom. The molecule has 0 heterocycles. The smallest absolute Gasteiger partial charge is 0.317 e. The van der Waals surface area contributed by atoms with Gasteiger partial charge in [0, 0.05) is 26.7 Å². The van der Waals surface area contributed by atoms with Crippen LogP contribution in [0.3, 0.4) is 0 Å². The number of hydrogen-bond donors (Lipinski definition) is 3. The molecule has 0 aromatic heterocycles. The van der Waals surface area contributed by atoms with E-state index in [1.54, 1.807) is 11.9 Å². The van der Waals surface area contributed by atoms with E-state index in [9.17, 15) is 15.0 Å². The van der Waals surface area contributed by atoms with Gasteiger partial charge in [-0.1, -0.05) is 0 Å². The van der Waals surface area contributed by atoms with E-state index in [1.807, 2.05) is 39.8 Å². The molecule has 6 heteroatoms. The van der Waals surface area contributed by atoms with Crippen LogP contribution >= 0.6 is 0 Å². The van der Waals surface area contributed by atoms with Gasteiger partial charge in [0.2, 0.25) is 0 Å². The fraction of sp³-hybridized carbons (Fsp3) is 0.706. The molecule has 0 aromatic carbocycles. The number of aliphatic hydroxyl groups is 2. The minimum absolute atomic E-state index is 0.126. The van der Waals surface area contributed by atoms with Crippen molar-refractivity contribution < 1.29 is 15.0 Å². The Labute approximate surface area is 139 Å². The molecule has 0 aliphatic heterocycles. The Morgan fingerprint density at radius 3 is 2.13 bits per heavy atom. The summed E-state index contributed by atoms with van der Waals surface area (Å²) in [6.45, 7) is 7.41. The second kappa shape index (κ2) is 8.47. The molecule has 0 bridgehead atoms. The summed E-state index contributed by atoms with van der Waals surface area (Å²) >= 11 is 0. The third kappa shape index (κ3) is 5.06. The summed E-state index contributed by atoms with van der Waals surface area (Å²) in [6, 6.07) is -0.126. The van der Waals surface area contributed by atoms with Gasteiger partial charge in [-0.05, 0) is 63.6 Å². The van der Waals surface area contributed by atoms with Crippen molar-refractivity contribution in [2.24, 2.45) is 0 Å². The van der Waals surface area contributed by atoms with Crippen LogP contribution in [0.5, 0.6) is 0 Å². The minimum Gasteiger partial charge on any atom is -0.384 e. The van der Waals surface area contributed by atoms with Gasteiger partial charge in [0.1, 0.15) is 0 Å². The van der Waals surface area contributed by atoms with Crippen LogP contribution in [0.25, 0.3) is 0 Å². The summed E-state index contributed by atoms with van der Waals surface area (Å²) in [7, 11) is 5.65. The lowest BCUT2D eigenvalue weighted by Crippen LogP contribution is -2.41. The number of carbonyl (C=O) groups is 1. The number of rotatable bonds is 6. The fourth-order valence-electron chi connectivity index (χ4n) is 2.65. The molecule has 0 saturated heterocycles. The summed E-state index contributed by atoms with van der Waals surface area (Å²) in [6.07, 6.45) is -0.747. The average Bonchev–Trinajstić information content (AvgIpc) is 2.50. The fourth-order valence-corrected chi connectivity index (χ4v) is 2.65. The molecular weight excluding hydrogens is 294 g/mol. The number of aliphatic hydroxyl groups excluding tert-OH is 2. The minimum atomic E-state index is -0.663. The number of likely N-dealkylation sites (N-methyl/N-ethyl adjacent to an activating group) is 1. The number of nitrogens with one attached hydrogen (secondary N) is 1. The third-order valence-electron chi connectivity index (χ3n) is 4.59. The molecule has 23 heavy (non-hydrogen) atoms. The van der Waals surface area contributed by atoms with E-state index in [1.165, 1.54) is 0 Å². The average molecular weight is 325 g/mol. The van der Waals surface area contributed by atoms with Crippen molar-refractivity contribution in [2.45, 2.75) is 39.4 Å². The van der Waals surface area contributed by atoms with Crippen molar-refractivity contribution in [3.63, 3.8) is 0 Å². The Morgan fingerprint density at radius 1 is 1.00 bits per heavy atom. The second-order valence-corrected chi connectivity index (χ2v) is 6.59. The molecule has 0 aromatic rings. The second-order valence-electron chi connectivity index (χ2n) is 6.59. The quantitative estimate of drug-likeness (QED) is 0.636. The third-order valence-corrected chi connectivity index (χ3v) is 4.59. The van der Waals surface area contributed by atoms with Gasteiger partial charge < -0.3 is 25.3 Å². The molecular formula is C17H31N3O3. The van der Waals surface area contributed by atoms with Crippen molar-refractivity contribution >= 4 is 6.03 Å². The number of nitrogens with zero attached hydrogens (tertiary/aromatic N) is 2. The van der Waals surface area contributed by atoms with Crippen molar-refractivity contribution in [2.75, 3.05) is 40.8 Å². The van der Waals surface area contributed by atoms with Gasteiger partial charge in [-0.15, -0.1) is 0 Å². The first-order chi connectivity index (χ1) is 10.7. The molecule has 0 fully saturated rings. The van der Waals surface area contributed by atoms with E-state index < -0.39 is 12.2 Å². The lowest BCUT2D eigenvalue weighted by molar-refractivity contribution is 0.192. The molecule has 2 amide bonds. The summed E-state index contributed by atoms with van der Waals surface area (Å²) in [5, 5.41) is 23.5. The molecule has 1 aliphatic rings. The highest BCUT2D eigenvalue weighted by Crippen LogP contribution is 2.31. The highest BCUT2D eigenvalue weighted by atomic mass is 16.3. The van der Waals surface area contributed by atoms with Gasteiger partial charge >= 0.3 is 6.03 Å². The maximum Gasteiger partial charge on any atom is 0.317 e. The van der Waals surface area contributed by atoms with Gasteiger partial charge in [0.05, 0.1) is 12.2 Å². The van der Waals surface area contributed by atoms with Crippen LogP contribution in [0, 0.1) is 0 Å². The Hall–Kier alpha value is -1.37. The highest BCUT2D eigenvalue weighted by molar-refractivity contribution is 5.73. The summed E-state index contributed by atoms with van der Waals surface area (Å²) in [5.41, 5.74) is 3.22. The normalized spacial score (nSPS) is 22.0. The summed E-state index contributed by atoms with van der Waals surface area (Å²) in [5.74, 6) is 0. The van der Waals surface area contributed by atoms with Gasteiger partial charge in [-0.25, -0.2) is 4.79 Å². The molecule has 0 radical (unpaired) electrons. The molecule has 1 aliphatic carbocycles. The van der Waals surface area contributed by atoms with Crippen molar-refractivity contribution in [3.05, 3.63) is 22.3 Å². The van der Waals surface area contributed by atoms with Crippen LogP contribution in [0.2, 0.25) is 0 Å². The van der Waals surface area contributed by atoms with Crippen LogP contribution in [-0.4, -0.2) is 79.0 Å². The highest BCUT2D eigenvalue weighted by Gasteiger charge is 2.28. The summed E-state index contributed by atoms with van der Waals surface area (Å²) < 4.78 is 0. The maximum atomic E-state index is 12.0. The zero-order chi connectivity index (χ0) is 17.7. The molecule has 0 spiro atoms. The molecule has 2 unspecified atom stereocenters. The first-order valence-corrected chi connectivity index (χ1v) is 8.03. The zero-order valence-electron chi connectivity index (χ0n) is 15.2. The van der Waals surface area contributed by atoms with E-state index in [0.717, 1.165) is 28.8 Å². The van der Waals surface area contributed by atoms with Crippen LogP contribution in [0.15, 0.2) is 22.3 Å². The lowest BCUT2D eigenvalue weighted by atomic mass is 9.82. The van der Waals surface area contributed by atoms with E-state index in [-0.39, 0.29) is 6.03 Å². The van der Waals surface area contributed by atoms with Crippen LogP contribution in [0.4, 0.5) is 4.79 Å². The summed E-state index contributed by atoms with van der Waals surface area (Å²) in [4.78, 5) is 15.6. The molecule has 132 valence electrons. The van der Waals surface area contributed by atoms with Crippen molar-refractivity contribution in [1.29, 1.82) is 0 Å². The van der Waals surface area contributed by atoms with Gasteiger partial charge in [0.25, 0.3) is 0 Å². The lowest BCUT2D eigenvalue weighted by Gasteiger charge is -2.31. The predicted octanol–water partition coefficient (Wildman–Crippen LogP) is 0.968. The largest absolute Gasteiger partial charge is 0.384 e. The van der Waals surface area contributed by atoms with E-state index >= 15 is 0 Å². The Balaban J connectivity index is 2.58. The van der Waals surface area contributed by atoms with Gasteiger partial charge in [0.15, 0.2) is 0 Å². The zero-order valence-corrected chi connectivity index (χ0v) is 15.2. The van der Waals surface area contributed by atoms with Crippen LogP contribution < -0.4 is 5.32 Å². The molecule has 0 saturated carbocycles. The molecule has 3 N–H and O–H groups in total. The number of urea groups is 1. The predicted molar refractivity (Wildman–Crippen MR) is 92.3 cm³/mol. The Kier molecular flexibility index (Phi) is 7.25. The maximum absolute atomic E-state index is 12.0. The number of hydrogen-bond acceptors (Lipinski definition) is 4. The molecule has 2 atom stereocenters. The molecule has 1 rings (SSSR count). The monoisotopic (exact) mass is 325 g/mol. The topological polar surface area (TPSA) is 76.0 Å². The first kappa shape index (κ1) is 19.7. The van der Waals surface area contributed by atoms with Gasteiger partial charge in [-0.2, -0.15) is 0 Å². The molecule has 6 nitrogen and oxygen atoms in total. The standard InChI is InChI=1S/C17H31N3O3/c1-11-12(2)16(22)14(13(3)15(11)21)7-9-20(6)17(23)18-8-10-19(4)5/h15-16,21-22H,7-10H2,1-6H3,(H,18,23). The van der Waals surface area contributed by atoms with Crippen LogP contribution in [0.1, 0.15) is 27.2 Å². The van der Waals surface area contributed by atoms with Gasteiger partial charge in [-0.3, -0.25) is 0 Å². The van der Waals surface area contributed by atoms with Crippen LogP contribution in [-0.2, 0) is 0 Å². The van der Waals surface area contributed by atoms with E-state index in [4.69, 9.17) is 0 Å². The van der Waals surface area contributed by atoms with Crippen molar-refractivity contribution in [3.8, 4) is 0 Å². The first-order valence-electron chi connectivity index (χ1n) is 8.03. The SMILES string of the molecule is CC1=C(C)C(O)C(CCN(C)C(=O)NCCN(C)C)=C(C)C1O.